The molecule has 0 saturated heterocycles. The molecule has 0 N–H and O–H groups in total. The Bertz CT molecular complexity index is 466. The SMILES string of the molecule is O=C(C1CCC1)N(Cc1nccn1C(F)F)C1CC1. The van der Waals surface area contributed by atoms with E-state index < -0.39 is 6.55 Å². The van der Waals surface area contributed by atoms with Crippen molar-refractivity contribution in [3.8, 4) is 0 Å². The van der Waals surface area contributed by atoms with Gasteiger partial charge in [0.05, 0.1) is 6.54 Å². The van der Waals surface area contributed by atoms with Gasteiger partial charge < -0.3 is 4.90 Å². The van der Waals surface area contributed by atoms with Crippen molar-refractivity contribution in [2.24, 2.45) is 5.92 Å². The summed E-state index contributed by atoms with van der Waals surface area (Å²) in [5.74, 6) is 0.503. The fourth-order valence-electron chi connectivity index (χ4n) is 2.46. The standard InChI is InChI=1S/C13H17F2N3O/c14-13(15)17-7-6-16-11(17)8-18(10-4-5-10)12(19)9-2-1-3-9/h6-7,9-10,13H,1-5,8H2. The van der Waals surface area contributed by atoms with Crippen LogP contribution in [-0.2, 0) is 11.3 Å². The van der Waals surface area contributed by atoms with Crippen molar-refractivity contribution < 1.29 is 13.6 Å². The quantitative estimate of drug-likeness (QED) is 0.824. The van der Waals surface area contributed by atoms with Crippen LogP contribution in [0.15, 0.2) is 12.4 Å². The van der Waals surface area contributed by atoms with Crippen molar-refractivity contribution in [3.05, 3.63) is 18.2 Å². The molecule has 2 saturated carbocycles. The molecule has 6 heteroatoms. The molecule has 1 aromatic heterocycles. The molecule has 104 valence electrons. The molecule has 2 aliphatic carbocycles. The zero-order valence-electron chi connectivity index (χ0n) is 10.6. The molecule has 1 heterocycles. The Kier molecular flexibility index (Phi) is 3.24. The number of rotatable bonds is 5. The lowest BCUT2D eigenvalue weighted by atomic mass is 9.84. The minimum absolute atomic E-state index is 0.107. The lowest BCUT2D eigenvalue weighted by molar-refractivity contribution is -0.139. The highest BCUT2D eigenvalue weighted by molar-refractivity contribution is 5.80. The lowest BCUT2D eigenvalue weighted by Crippen LogP contribution is -2.40. The zero-order chi connectivity index (χ0) is 13.4. The topological polar surface area (TPSA) is 38.1 Å². The van der Waals surface area contributed by atoms with Crippen LogP contribution < -0.4 is 0 Å². The second-order valence-corrected chi connectivity index (χ2v) is 5.35. The van der Waals surface area contributed by atoms with E-state index in [2.05, 4.69) is 4.98 Å². The van der Waals surface area contributed by atoms with Crippen LogP contribution in [0.4, 0.5) is 8.78 Å². The third-order valence-corrected chi connectivity index (χ3v) is 4.00. The van der Waals surface area contributed by atoms with Crippen LogP contribution in [0.5, 0.6) is 0 Å². The third-order valence-electron chi connectivity index (χ3n) is 4.00. The van der Waals surface area contributed by atoms with E-state index in [0.717, 1.165) is 36.7 Å². The molecule has 0 spiro atoms. The van der Waals surface area contributed by atoms with E-state index in [9.17, 15) is 13.6 Å². The number of carbonyl (C=O) groups excluding carboxylic acids is 1. The first-order valence-corrected chi connectivity index (χ1v) is 6.77. The lowest BCUT2D eigenvalue weighted by Gasteiger charge is -2.31. The van der Waals surface area contributed by atoms with Crippen LogP contribution in [0.25, 0.3) is 0 Å². The molecule has 2 aliphatic rings. The fourth-order valence-corrected chi connectivity index (χ4v) is 2.46. The van der Waals surface area contributed by atoms with Crippen LogP contribution in [0.1, 0.15) is 44.5 Å². The molecule has 0 radical (unpaired) electrons. The van der Waals surface area contributed by atoms with Crippen molar-refractivity contribution in [1.29, 1.82) is 0 Å². The minimum Gasteiger partial charge on any atom is -0.332 e. The van der Waals surface area contributed by atoms with E-state index in [-0.39, 0.29) is 30.2 Å². The van der Waals surface area contributed by atoms with Crippen LogP contribution >= 0.6 is 0 Å². The average Bonchev–Trinajstić information content (AvgIpc) is 3.01. The van der Waals surface area contributed by atoms with E-state index in [1.54, 1.807) is 4.90 Å². The molecule has 1 aromatic rings. The summed E-state index contributed by atoms with van der Waals surface area (Å²) in [4.78, 5) is 18.0. The number of halogens is 2. The molecule has 1 amide bonds. The van der Waals surface area contributed by atoms with Gasteiger partial charge in [-0.3, -0.25) is 9.36 Å². The van der Waals surface area contributed by atoms with Crippen LogP contribution in [0, 0.1) is 5.92 Å². The molecule has 19 heavy (non-hydrogen) atoms. The number of hydrogen-bond acceptors (Lipinski definition) is 2. The van der Waals surface area contributed by atoms with Gasteiger partial charge >= 0.3 is 6.55 Å². The van der Waals surface area contributed by atoms with Gasteiger partial charge in [0, 0.05) is 24.4 Å². The van der Waals surface area contributed by atoms with Crippen LogP contribution in [-0.4, -0.2) is 26.4 Å². The molecule has 0 aromatic carbocycles. The summed E-state index contributed by atoms with van der Waals surface area (Å²) in [7, 11) is 0. The molecule has 0 aliphatic heterocycles. The Balaban J connectivity index is 1.73. The summed E-state index contributed by atoms with van der Waals surface area (Å²) in [6, 6.07) is 0.232. The zero-order valence-corrected chi connectivity index (χ0v) is 10.6. The smallest absolute Gasteiger partial charge is 0.319 e. The van der Waals surface area contributed by atoms with E-state index in [1.165, 1.54) is 12.4 Å². The van der Waals surface area contributed by atoms with Gasteiger partial charge in [-0.15, -0.1) is 0 Å². The molecule has 2 fully saturated rings. The van der Waals surface area contributed by atoms with E-state index >= 15 is 0 Å². The maximum Gasteiger partial charge on any atom is 0.319 e. The number of carbonyl (C=O) groups is 1. The number of nitrogens with zero attached hydrogens (tertiary/aromatic N) is 3. The summed E-state index contributed by atoms with van der Waals surface area (Å²) in [6.07, 6.45) is 7.55. The number of imidazole rings is 1. The highest BCUT2D eigenvalue weighted by Gasteiger charge is 2.38. The summed E-state index contributed by atoms with van der Waals surface area (Å²) < 4.78 is 26.4. The Labute approximate surface area is 110 Å². The van der Waals surface area contributed by atoms with E-state index in [4.69, 9.17) is 0 Å². The highest BCUT2D eigenvalue weighted by Crippen LogP contribution is 2.35. The summed E-state index contributed by atoms with van der Waals surface area (Å²) in [5, 5.41) is 0. The van der Waals surface area contributed by atoms with Gasteiger partial charge in [-0.1, -0.05) is 6.42 Å². The molecule has 0 atom stereocenters. The second kappa shape index (κ2) is 4.90. The van der Waals surface area contributed by atoms with Crippen molar-refractivity contribution in [2.75, 3.05) is 0 Å². The van der Waals surface area contributed by atoms with E-state index in [1.807, 2.05) is 0 Å². The Hall–Kier alpha value is -1.46. The Morgan fingerprint density at radius 2 is 2.16 bits per heavy atom. The average molecular weight is 269 g/mol. The number of hydrogen-bond donors (Lipinski definition) is 0. The molecule has 4 nitrogen and oxygen atoms in total. The molecule has 3 rings (SSSR count). The van der Waals surface area contributed by atoms with Gasteiger partial charge in [-0.25, -0.2) is 4.98 Å². The minimum atomic E-state index is -2.60. The van der Waals surface area contributed by atoms with Gasteiger partial charge in [-0.05, 0) is 25.7 Å². The summed E-state index contributed by atoms with van der Waals surface area (Å²) >= 11 is 0. The first kappa shape index (κ1) is 12.6. The first-order chi connectivity index (χ1) is 9.16. The predicted octanol–water partition coefficient (Wildman–Crippen LogP) is 2.57. The van der Waals surface area contributed by atoms with Crippen molar-refractivity contribution in [3.63, 3.8) is 0 Å². The Morgan fingerprint density at radius 3 is 2.68 bits per heavy atom. The van der Waals surface area contributed by atoms with Crippen molar-refractivity contribution in [2.45, 2.75) is 51.2 Å². The largest absolute Gasteiger partial charge is 0.332 e. The Morgan fingerprint density at radius 1 is 1.42 bits per heavy atom. The van der Waals surface area contributed by atoms with Gasteiger partial charge in [0.1, 0.15) is 5.82 Å². The van der Waals surface area contributed by atoms with Gasteiger partial charge in [0.25, 0.3) is 0 Å². The monoisotopic (exact) mass is 269 g/mol. The summed E-state index contributed by atoms with van der Waals surface area (Å²) in [5.41, 5.74) is 0. The highest BCUT2D eigenvalue weighted by atomic mass is 19.3. The summed E-state index contributed by atoms with van der Waals surface area (Å²) in [6.45, 7) is -2.39. The third kappa shape index (κ3) is 2.48. The molecule has 0 bridgehead atoms. The predicted molar refractivity (Wildman–Crippen MR) is 64.4 cm³/mol. The second-order valence-electron chi connectivity index (χ2n) is 5.35. The normalized spacial score (nSPS) is 19.5. The number of amides is 1. The van der Waals surface area contributed by atoms with Gasteiger partial charge in [-0.2, -0.15) is 8.78 Å². The fraction of sp³-hybridized carbons (Fsp3) is 0.692. The van der Waals surface area contributed by atoms with Crippen LogP contribution in [0.3, 0.4) is 0 Å². The van der Waals surface area contributed by atoms with Crippen molar-refractivity contribution in [1.82, 2.24) is 14.5 Å². The molecule has 0 unspecified atom stereocenters. The van der Waals surface area contributed by atoms with Gasteiger partial charge in [0.15, 0.2) is 0 Å². The van der Waals surface area contributed by atoms with Crippen molar-refractivity contribution >= 4 is 5.91 Å². The number of alkyl halides is 2. The van der Waals surface area contributed by atoms with E-state index in [0.29, 0.717) is 0 Å². The first-order valence-electron chi connectivity index (χ1n) is 6.77. The number of aromatic nitrogens is 2. The maximum absolute atomic E-state index is 12.8. The van der Waals surface area contributed by atoms with Crippen LogP contribution in [0.2, 0.25) is 0 Å². The molecular weight excluding hydrogens is 252 g/mol. The maximum atomic E-state index is 12.8. The van der Waals surface area contributed by atoms with Gasteiger partial charge in [0.2, 0.25) is 5.91 Å². The molecular formula is C13H17F2N3O.